The van der Waals surface area contributed by atoms with Crippen LogP contribution in [0.25, 0.3) is 0 Å². The Hall–Kier alpha value is -1.03. The van der Waals surface area contributed by atoms with Crippen molar-refractivity contribution in [3.05, 3.63) is 11.0 Å². The number of aryl methyl sites for hydroxylation is 1. The van der Waals surface area contributed by atoms with Gasteiger partial charge < -0.3 is 10.6 Å². The molecule has 94 valence electrons. The zero-order valence-electron chi connectivity index (χ0n) is 10.6. The van der Waals surface area contributed by atoms with Crippen LogP contribution >= 0.6 is 11.6 Å². The van der Waals surface area contributed by atoms with Crippen LogP contribution in [0.5, 0.6) is 0 Å². The molecule has 1 aliphatic heterocycles. The zero-order chi connectivity index (χ0) is 12.6. The largest absolute Gasteiger partial charge is 0.394 e. The normalized spacial score (nSPS) is 25.1. The number of nitrogens with two attached hydrogens (primary N) is 1. The number of hydrogen-bond acceptors (Lipinski definition) is 4. The minimum atomic E-state index is 0.275. The van der Waals surface area contributed by atoms with Gasteiger partial charge in [-0.1, -0.05) is 6.92 Å². The van der Waals surface area contributed by atoms with E-state index in [1.165, 1.54) is 12.8 Å². The maximum Gasteiger partial charge on any atom is 0.224 e. The molecule has 1 aliphatic rings. The molecule has 0 amide bonds. The first kappa shape index (κ1) is 12.4. The molecule has 0 saturated carbocycles. The van der Waals surface area contributed by atoms with Crippen molar-refractivity contribution in [3.63, 3.8) is 0 Å². The van der Waals surface area contributed by atoms with Gasteiger partial charge in [-0.2, -0.15) is 4.98 Å². The van der Waals surface area contributed by atoms with E-state index in [1.54, 1.807) is 0 Å². The van der Waals surface area contributed by atoms with Crippen LogP contribution in [0.4, 0.5) is 11.5 Å². The van der Waals surface area contributed by atoms with Crippen LogP contribution in [0.15, 0.2) is 0 Å². The minimum Gasteiger partial charge on any atom is -0.394 e. The Morgan fingerprint density at radius 2 is 2.00 bits per heavy atom. The molecule has 1 fully saturated rings. The van der Waals surface area contributed by atoms with Crippen molar-refractivity contribution in [3.8, 4) is 0 Å². The van der Waals surface area contributed by atoms with Crippen LogP contribution in [0.3, 0.4) is 0 Å². The Morgan fingerprint density at radius 1 is 1.29 bits per heavy atom. The summed E-state index contributed by atoms with van der Waals surface area (Å²) in [6.45, 7) is 7.31. The third-order valence-electron chi connectivity index (χ3n) is 3.48. The van der Waals surface area contributed by atoms with E-state index in [0.29, 0.717) is 17.6 Å². The average molecular weight is 255 g/mol. The molecule has 0 spiro atoms. The molecule has 2 atom stereocenters. The highest BCUT2D eigenvalue weighted by molar-refractivity contribution is 6.28. The Balaban J connectivity index is 2.38. The first-order valence-electron chi connectivity index (χ1n) is 6.05. The van der Waals surface area contributed by atoms with Gasteiger partial charge in [-0.3, -0.25) is 0 Å². The summed E-state index contributed by atoms with van der Waals surface area (Å²) in [6.07, 6.45) is 2.43. The van der Waals surface area contributed by atoms with Crippen molar-refractivity contribution in [1.29, 1.82) is 0 Å². The highest BCUT2D eigenvalue weighted by Crippen LogP contribution is 2.31. The fourth-order valence-corrected chi connectivity index (χ4v) is 2.54. The summed E-state index contributed by atoms with van der Waals surface area (Å²) in [5.74, 6) is 1.46. The third-order valence-corrected chi connectivity index (χ3v) is 3.65. The molecule has 2 unspecified atom stereocenters. The number of nitrogens with zero attached hydrogens (tertiary/aromatic N) is 3. The standard InChI is InChI=1S/C12H19ClN4/c1-7-4-5-8(2)17(6-7)11-10(14)9(3)15-12(13)16-11/h7-8H,4-6,14H2,1-3H3. The van der Waals surface area contributed by atoms with Gasteiger partial charge in [-0.05, 0) is 44.2 Å². The quantitative estimate of drug-likeness (QED) is 0.783. The number of halogens is 1. The van der Waals surface area contributed by atoms with E-state index in [4.69, 9.17) is 17.3 Å². The predicted molar refractivity (Wildman–Crippen MR) is 71.4 cm³/mol. The summed E-state index contributed by atoms with van der Waals surface area (Å²) in [7, 11) is 0. The van der Waals surface area contributed by atoms with E-state index in [1.807, 2.05) is 6.92 Å². The van der Waals surface area contributed by atoms with Gasteiger partial charge in [-0.25, -0.2) is 4.98 Å². The van der Waals surface area contributed by atoms with Gasteiger partial charge in [0, 0.05) is 12.6 Å². The van der Waals surface area contributed by atoms with Crippen LogP contribution in [0.2, 0.25) is 5.28 Å². The second kappa shape index (κ2) is 4.69. The molecule has 0 radical (unpaired) electrons. The maximum atomic E-state index is 6.06. The van der Waals surface area contributed by atoms with E-state index in [0.717, 1.165) is 18.1 Å². The zero-order valence-corrected chi connectivity index (χ0v) is 11.3. The van der Waals surface area contributed by atoms with Crippen LogP contribution < -0.4 is 10.6 Å². The van der Waals surface area contributed by atoms with Gasteiger partial charge >= 0.3 is 0 Å². The second-order valence-electron chi connectivity index (χ2n) is 5.00. The van der Waals surface area contributed by atoms with Gasteiger partial charge in [0.1, 0.15) is 0 Å². The topological polar surface area (TPSA) is 55.0 Å². The molecule has 1 aromatic heterocycles. The van der Waals surface area contributed by atoms with Crippen molar-refractivity contribution in [1.82, 2.24) is 9.97 Å². The number of anilines is 2. The molecule has 0 aliphatic carbocycles. The lowest BCUT2D eigenvalue weighted by molar-refractivity contribution is 0.388. The molecule has 2 heterocycles. The minimum absolute atomic E-state index is 0.275. The van der Waals surface area contributed by atoms with Crippen molar-refractivity contribution in [2.45, 2.75) is 39.7 Å². The van der Waals surface area contributed by atoms with Gasteiger partial charge in [0.05, 0.1) is 11.4 Å². The Labute approximate surface area is 107 Å². The van der Waals surface area contributed by atoms with E-state index in [-0.39, 0.29) is 5.28 Å². The van der Waals surface area contributed by atoms with E-state index in [9.17, 15) is 0 Å². The van der Waals surface area contributed by atoms with Crippen LogP contribution in [0, 0.1) is 12.8 Å². The maximum absolute atomic E-state index is 6.06. The number of aromatic nitrogens is 2. The lowest BCUT2D eigenvalue weighted by Crippen LogP contribution is -2.42. The Bertz CT molecular complexity index is 421. The van der Waals surface area contributed by atoms with Crippen molar-refractivity contribution in [2.75, 3.05) is 17.2 Å². The van der Waals surface area contributed by atoms with Gasteiger partial charge in [0.15, 0.2) is 5.82 Å². The molecule has 17 heavy (non-hydrogen) atoms. The molecular weight excluding hydrogens is 236 g/mol. The molecule has 0 bridgehead atoms. The Morgan fingerprint density at radius 3 is 2.71 bits per heavy atom. The molecule has 5 heteroatoms. The summed E-state index contributed by atoms with van der Waals surface area (Å²) < 4.78 is 0. The fourth-order valence-electron chi connectivity index (χ4n) is 2.34. The molecule has 1 saturated heterocycles. The van der Waals surface area contributed by atoms with Gasteiger partial charge in [0.2, 0.25) is 5.28 Å². The number of piperidine rings is 1. The third kappa shape index (κ3) is 2.46. The van der Waals surface area contributed by atoms with E-state index >= 15 is 0 Å². The van der Waals surface area contributed by atoms with Crippen molar-refractivity contribution < 1.29 is 0 Å². The second-order valence-corrected chi connectivity index (χ2v) is 5.34. The van der Waals surface area contributed by atoms with Crippen LogP contribution in [-0.2, 0) is 0 Å². The SMILES string of the molecule is Cc1nc(Cl)nc(N2CC(C)CCC2C)c1N. The number of hydrogen-bond donors (Lipinski definition) is 1. The number of rotatable bonds is 1. The molecule has 1 aromatic rings. The first-order chi connectivity index (χ1) is 7.99. The highest BCUT2D eigenvalue weighted by atomic mass is 35.5. The average Bonchev–Trinajstić information content (AvgIpc) is 2.27. The number of nitrogen functional groups attached to an aromatic ring is 1. The highest BCUT2D eigenvalue weighted by Gasteiger charge is 2.26. The van der Waals surface area contributed by atoms with Gasteiger partial charge in [0.25, 0.3) is 0 Å². The predicted octanol–water partition coefficient (Wildman–Crippen LogP) is 2.65. The van der Waals surface area contributed by atoms with Crippen LogP contribution in [-0.4, -0.2) is 22.6 Å². The van der Waals surface area contributed by atoms with E-state index < -0.39 is 0 Å². The first-order valence-corrected chi connectivity index (χ1v) is 6.43. The molecule has 0 aromatic carbocycles. The molecule has 4 nitrogen and oxygen atoms in total. The summed E-state index contributed by atoms with van der Waals surface area (Å²) in [4.78, 5) is 10.6. The Kier molecular flexibility index (Phi) is 3.43. The van der Waals surface area contributed by atoms with Crippen molar-refractivity contribution in [2.24, 2.45) is 5.92 Å². The smallest absolute Gasteiger partial charge is 0.224 e. The van der Waals surface area contributed by atoms with Crippen molar-refractivity contribution >= 4 is 23.1 Å². The van der Waals surface area contributed by atoms with Crippen LogP contribution in [0.1, 0.15) is 32.4 Å². The molecule has 2 rings (SSSR count). The summed E-state index contributed by atoms with van der Waals surface area (Å²) in [6, 6.07) is 0.457. The lowest BCUT2D eigenvalue weighted by atomic mass is 9.95. The molecular formula is C12H19ClN4. The summed E-state index contributed by atoms with van der Waals surface area (Å²) in [5.41, 5.74) is 7.47. The lowest BCUT2D eigenvalue weighted by Gasteiger charge is -2.38. The monoisotopic (exact) mass is 254 g/mol. The van der Waals surface area contributed by atoms with Gasteiger partial charge in [-0.15, -0.1) is 0 Å². The molecule has 2 N–H and O–H groups in total. The summed E-state index contributed by atoms with van der Waals surface area (Å²) in [5, 5.41) is 0.275. The van der Waals surface area contributed by atoms with E-state index in [2.05, 4.69) is 28.7 Å². The summed E-state index contributed by atoms with van der Waals surface area (Å²) >= 11 is 5.92. The fraction of sp³-hybridized carbons (Fsp3) is 0.667.